The number of rotatable bonds is 8. The van der Waals surface area contributed by atoms with Crippen LogP contribution in [-0.2, 0) is 37.3 Å². The number of benzene rings is 1. The molecule has 1 amide bonds. The van der Waals surface area contributed by atoms with E-state index < -0.39 is 0 Å². The van der Waals surface area contributed by atoms with Crippen LogP contribution >= 0.6 is 22.9 Å². The fourth-order valence-corrected chi connectivity index (χ4v) is 3.93. The molecule has 0 bridgehead atoms. The van der Waals surface area contributed by atoms with Gasteiger partial charge in [-0.15, -0.1) is 0 Å². The predicted octanol–water partition coefficient (Wildman–Crippen LogP) is 2.83. The molecular weight excluding hydrogens is 408 g/mol. The summed E-state index contributed by atoms with van der Waals surface area (Å²) >= 11 is 7.66. The normalized spacial score (nSPS) is 10.9. The Morgan fingerprint density at radius 3 is 2.86 bits per heavy atom. The first kappa shape index (κ1) is 21.2. The molecule has 0 unspecified atom stereocenters. The number of aryl methyl sites for hydroxylation is 3. The van der Waals surface area contributed by atoms with Crippen molar-refractivity contribution in [1.29, 1.82) is 0 Å². The SMILES string of the molecule is Cc1cnn(CCc2ccsc2)c(=O)c1CC(=O)NCc1cc(Cl)ccc1CN. The third-order valence-electron chi connectivity index (χ3n) is 4.75. The van der Waals surface area contributed by atoms with Crippen LogP contribution in [0.1, 0.15) is 27.8 Å². The van der Waals surface area contributed by atoms with Gasteiger partial charge in [0.15, 0.2) is 0 Å². The first-order chi connectivity index (χ1) is 14.0. The highest BCUT2D eigenvalue weighted by atomic mass is 35.5. The van der Waals surface area contributed by atoms with E-state index in [-0.39, 0.29) is 17.9 Å². The van der Waals surface area contributed by atoms with E-state index >= 15 is 0 Å². The van der Waals surface area contributed by atoms with Gasteiger partial charge in [0.2, 0.25) is 5.91 Å². The van der Waals surface area contributed by atoms with E-state index in [1.54, 1.807) is 36.6 Å². The van der Waals surface area contributed by atoms with Crippen LogP contribution in [0.5, 0.6) is 0 Å². The predicted molar refractivity (Wildman–Crippen MR) is 116 cm³/mol. The van der Waals surface area contributed by atoms with Crippen LogP contribution in [0.25, 0.3) is 0 Å². The van der Waals surface area contributed by atoms with Crippen molar-refractivity contribution in [1.82, 2.24) is 15.1 Å². The maximum absolute atomic E-state index is 12.8. The highest BCUT2D eigenvalue weighted by Gasteiger charge is 2.14. The van der Waals surface area contributed by atoms with Gasteiger partial charge in [-0.25, -0.2) is 4.68 Å². The number of nitrogens with two attached hydrogens (primary N) is 1. The lowest BCUT2D eigenvalue weighted by Gasteiger charge is -2.12. The molecule has 3 rings (SSSR count). The van der Waals surface area contributed by atoms with Gasteiger partial charge in [0.25, 0.3) is 5.56 Å². The third kappa shape index (κ3) is 5.53. The Balaban J connectivity index is 1.67. The number of nitrogens with zero attached hydrogens (tertiary/aromatic N) is 2. The van der Waals surface area contributed by atoms with Gasteiger partial charge in [-0.1, -0.05) is 17.7 Å². The van der Waals surface area contributed by atoms with E-state index in [0.29, 0.717) is 35.8 Å². The molecule has 0 fully saturated rings. The van der Waals surface area contributed by atoms with Crippen LogP contribution in [0.15, 0.2) is 46.0 Å². The second kappa shape index (κ2) is 9.82. The van der Waals surface area contributed by atoms with Gasteiger partial charge in [0, 0.05) is 30.2 Å². The summed E-state index contributed by atoms with van der Waals surface area (Å²) in [6, 6.07) is 7.44. The average Bonchev–Trinajstić information content (AvgIpc) is 3.22. The maximum atomic E-state index is 12.8. The van der Waals surface area contributed by atoms with Gasteiger partial charge in [0.05, 0.1) is 12.6 Å². The van der Waals surface area contributed by atoms with E-state index in [9.17, 15) is 9.59 Å². The largest absolute Gasteiger partial charge is 0.352 e. The number of nitrogens with one attached hydrogen (secondary N) is 1. The molecule has 3 N–H and O–H groups in total. The summed E-state index contributed by atoms with van der Waals surface area (Å²) in [5, 5.41) is 11.7. The number of halogens is 1. The zero-order valence-corrected chi connectivity index (χ0v) is 17.7. The van der Waals surface area contributed by atoms with Crippen molar-refractivity contribution < 1.29 is 4.79 Å². The molecule has 0 spiro atoms. The van der Waals surface area contributed by atoms with Gasteiger partial charge >= 0.3 is 0 Å². The van der Waals surface area contributed by atoms with Crippen LogP contribution in [0.2, 0.25) is 5.02 Å². The Morgan fingerprint density at radius 2 is 2.14 bits per heavy atom. The zero-order chi connectivity index (χ0) is 20.8. The van der Waals surface area contributed by atoms with Crippen molar-refractivity contribution in [2.75, 3.05) is 0 Å². The third-order valence-corrected chi connectivity index (χ3v) is 5.72. The smallest absolute Gasteiger partial charge is 0.270 e. The molecule has 0 aliphatic carbocycles. The minimum Gasteiger partial charge on any atom is -0.352 e. The molecule has 0 saturated heterocycles. The van der Waals surface area contributed by atoms with E-state index in [1.165, 1.54) is 10.2 Å². The van der Waals surface area contributed by atoms with Gasteiger partial charge < -0.3 is 11.1 Å². The van der Waals surface area contributed by atoms with E-state index in [2.05, 4.69) is 15.8 Å². The Bertz CT molecular complexity index is 1050. The van der Waals surface area contributed by atoms with E-state index in [4.69, 9.17) is 17.3 Å². The number of carbonyl (C=O) groups is 1. The lowest BCUT2D eigenvalue weighted by atomic mass is 10.1. The van der Waals surface area contributed by atoms with Crippen molar-refractivity contribution >= 4 is 28.8 Å². The van der Waals surface area contributed by atoms with Crippen LogP contribution < -0.4 is 16.6 Å². The van der Waals surface area contributed by atoms with Crippen LogP contribution in [0.3, 0.4) is 0 Å². The number of hydrogen-bond donors (Lipinski definition) is 2. The molecule has 0 atom stereocenters. The molecule has 3 aromatic rings. The summed E-state index contributed by atoms with van der Waals surface area (Å²) < 4.78 is 1.43. The van der Waals surface area contributed by atoms with Crippen molar-refractivity contribution in [2.24, 2.45) is 5.73 Å². The minimum atomic E-state index is -0.233. The summed E-state index contributed by atoms with van der Waals surface area (Å²) in [6.07, 6.45) is 2.37. The molecule has 29 heavy (non-hydrogen) atoms. The van der Waals surface area contributed by atoms with Gasteiger partial charge in [-0.3, -0.25) is 9.59 Å². The van der Waals surface area contributed by atoms with Crippen LogP contribution in [0.4, 0.5) is 0 Å². The van der Waals surface area contributed by atoms with Gasteiger partial charge in [0.1, 0.15) is 0 Å². The number of aromatic nitrogens is 2. The number of amides is 1. The summed E-state index contributed by atoms with van der Waals surface area (Å²) in [5.41, 5.74) is 9.66. The molecule has 1 aromatic carbocycles. The molecule has 0 aliphatic heterocycles. The monoisotopic (exact) mass is 430 g/mol. The van der Waals surface area contributed by atoms with Crippen LogP contribution in [0, 0.1) is 6.92 Å². The van der Waals surface area contributed by atoms with Crippen LogP contribution in [-0.4, -0.2) is 15.7 Å². The lowest BCUT2D eigenvalue weighted by Crippen LogP contribution is -2.32. The number of thiophene rings is 1. The molecule has 0 aliphatic rings. The fourth-order valence-electron chi connectivity index (χ4n) is 3.03. The average molecular weight is 431 g/mol. The van der Waals surface area contributed by atoms with E-state index in [0.717, 1.165) is 17.5 Å². The van der Waals surface area contributed by atoms with Gasteiger partial charge in [-0.05, 0) is 64.6 Å². The van der Waals surface area contributed by atoms with E-state index in [1.807, 2.05) is 17.5 Å². The van der Waals surface area contributed by atoms with Crippen molar-refractivity contribution in [3.63, 3.8) is 0 Å². The first-order valence-electron chi connectivity index (χ1n) is 9.28. The summed E-state index contributed by atoms with van der Waals surface area (Å²) in [7, 11) is 0. The summed E-state index contributed by atoms with van der Waals surface area (Å²) in [5.74, 6) is -0.233. The van der Waals surface area contributed by atoms with Crippen molar-refractivity contribution in [3.05, 3.63) is 84.4 Å². The topological polar surface area (TPSA) is 90.0 Å². The molecule has 0 saturated carbocycles. The quantitative estimate of drug-likeness (QED) is 0.575. The molecule has 8 heteroatoms. The highest BCUT2D eigenvalue weighted by molar-refractivity contribution is 7.07. The van der Waals surface area contributed by atoms with Gasteiger partial charge in [-0.2, -0.15) is 16.4 Å². The zero-order valence-electron chi connectivity index (χ0n) is 16.2. The standard InChI is InChI=1S/C21H23ClN4O2S/c1-14-11-25-26(6-4-15-5-7-29-13-15)21(28)19(14)9-20(27)24-12-17-8-18(22)3-2-16(17)10-23/h2-3,5,7-8,11,13H,4,6,9-10,12,23H2,1H3,(H,24,27). The fraction of sp³-hybridized carbons (Fsp3) is 0.286. The molecule has 0 radical (unpaired) electrons. The Labute approximate surface area is 178 Å². The second-order valence-electron chi connectivity index (χ2n) is 6.79. The molecular formula is C21H23ClN4O2S. The Morgan fingerprint density at radius 1 is 1.31 bits per heavy atom. The molecule has 2 heterocycles. The number of hydrogen-bond acceptors (Lipinski definition) is 5. The highest BCUT2D eigenvalue weighted by Crippen LogP contribution is 2.16. The minimum absolute atomic E-state index is 0.00413. The molecule has 152 valence electrons. The summed E-state index contributed by atoms with van der Waals surface area (Å²) in [4.78, 5) is 25.3. The molecule has 6 nitrogen and oxygen atoms in total. The molecule has 2 aromatic heterocycles. The lowest BCUT2D eigenvalue weighted by molar-refractivity contribution is -0.120. The maximum Gasteiger partial charge on any atom is 0.270 e. The number of carbonyl (C=O) groups excluding carboxylic acids is 1. The second-order valence-corrected chi connectivity index (χ2v) is 8.00. The van der Waals surface area contributed by atoms with Crippen molar-refractivity contribution in [2.45, 2.75) is 39.4 Å². The summed E-state index contributed by atoms with van der Waals surface area (Å²) in [6.45, 7) is 2.94. The first-order valence-corrected chi connectivity index (χ1v) is 10.6. The Kier molecular flexibility index (Phi) is 7.19. The Hall–Kier alpha value is -2.48. The van der Waals surface area contributed by atoms with Crippen molar-refractivity contribution in [3.8, 4) is 0 Å².